The van der Waals surface area contributed by atoms with E-state index in [2.05, 4.69) is 4.90 Å². The molecule has 0 saturated carbocycles. The Balaban J connectivity index is 1.65. The van der Waals surface area contributed by atoms with Crippen molar-refractivity contribution in [1.29, 1.82) is 5.26 Å². The molecule has 0 amide bonds. The summed E-state index contributed by atoms with van der Waals surface area (Å²) in [6.07, 6.45) is 4.60. The van der Waals surface area contributed by atoms with Gasteiger partial charge in [-0.1, -0.05) is 11.6 Å². The molecule has 10 heteroatoms. The number of rotatable bonds is 8. The van der Waals surface area contributed by atoms with Gasteiger partial charge in [0.15, 0.2) is 11.1 Å². The fourth-order valence-corrected chi connectivity index (χ4v) is 4.66. The average molecular weight is 478 g/mol. The van der Waals surface area contributed by atoms with Gasteiger partial charge in [0.05, 0.1) is 34.1 Å². The monoisotopic (exact) mass is 477 g/mol. The Morgan fingerprint density at radius 2 is 2.12 bits per heavy atom. The van der Waals surface area contributed by atoms with Crippen LogP contribution in [0, 0.1) is 11.3 Å². The number of ether oxygens (including phenoxy) is 1. The van der Waals surface area contributed by atoms with Crippen LogP contribution >= 0.6 is 11.6 Å². The fraction of sp³-hybridized carbons (Fsp3) is 0.364. The maximum atomic E-state index is 11.6. The maximum absolute atomic E-state index is 11.6. The molecule has 2 aromatic carbocycles. The van der Waals surface area contributed by atoms with Crippen molar-refractivity contribution in [3.63, 3.8) is 0 Å². The second-order valence-electron chi connectivity index (χ2n) is 7.55. The minimum atomic E-state index is -2.36. The minimum Gasteiger partial charge on any atom is -0.492 e. The summed E-state index contributed by atoms with van der Waals surface area (Å²) in [4.78, 5) is 13.3. The Bertz CT molecular complexity index is 1070. The molecule has 0 aliphatic carbocycles. The highest BCUT2D eigenvalue weighted by Crippen LogP contribution is 2.35. The molecule has 0 spiro atoms. The second kappa shape index (κ2) is 10.7. The van der Waals surface area contributed by atoms with E-state index < -0.39 is 17.0 Å². The molecule has 1 fully saturated rings. The van der Waals surface area contributed by atoms with Gasteiger partial charge in [0, 0.05) is 12.6 Å². The zero-order valence-electron chi connectivity index (χ0n) is 17.3. The Kier molecular flexibility index (Phi) is 7.96. The Labute approximate surface area is 193 Å². The van der Waals surface area contributed by atoms with E-state index in [-0.39, 0.29) is 22.3 Å². The minimum absolute atomic E-state index is 0.0656. The van der Waals surface area contributed by atoms with Crippen molar-refractivity contribution < 1.29 is 23.4 Å². The lowest BCUT2D eigenvalue weighted by molar-refractivity contribution is 0.0696. The number of nitrogens with zero attached hydrogens (tertiary/aromatic N) is 2. The average Bonchev–Trinajstić information content (AvgIpc) is 2.78. The van der Waals surface area contributed by atoms with E-state index in [1.165, 1.54) is 12.1 Å². The first-order valence-corrected chi connectivity index (χ1v) is 11.7. The molecule has 2 aromatic rings. The summed E-state index contributed by atoms with van der Waals surface area (Å²) in [5.41, 5.74) is 7.81. The molecule has 4 N–H and O–H groups in total. The van der Waals surface area contributed by atoms with Gasteiger partial charge >= 0.3 is 5.97 Å². The molecule has 1 aliphatic rings. The Morgan fingerprint density at radius 3 is 2.81 bits per heavy atom. The van der Waals surface area contributed by atoms with Gasteiger partial charge in [-0.15, -0.1) is 0 Å². The molecule has 2 atom stereocenters. The first-order valence-electron chi connectivity index (χ1n) is 10.2. The van der Waals surface area contributed by atoms with Crippen LogP contribution in [0.2, 0.25) is 5.02 Å². The molecule has 1 aliphatic heterocycles. The predicted molar refractivity (Wildman–Crippen MR) is 123 cm³/mol. The molecule has 170 valence electrons. The number of carboxylic acids is 1. The number of carbonyl (C=O) groups is 1. The molecule has 0 bridgehead atoms. The van der Waals surface area contributed by atoms with Crippen molar-refractivity contribution in [3.05, 3.63) is 46.5 Å². The molecule has 1 saturated heterocycles. The summed E-state index contributed by atoms with van der Waals surface area (Å²) in [6.45, 7) is 1.15. The van der Waals surface area contributed by atoms with Crippen LogP contribution in [0.5, 0.6) is 5.75 Å². The molecular formula is C22H24ClN3O5S. The van der Waals surface area contributed by atoms with Gasteiger partial charge in [-0.25, -0.2) is 9.00 Å². The highest BCUT2D eigenvalue weighted by Gasteiger charge is 2.25. The number of benzene rings is 2. The van der Waals surface area contributed by atoms with Crippen LogP contribution in [0.4, 0.5) is 11.4 Å². The summed E-state index contributed by atoms with van der Waals surface area (Å²) in [7, 11) is 0. The van der Waals surface area contributed by atoms with Crippen molar-refractivity contribution in [2.75, 3.05) is 23.8 Å². The van der Waals surface area contributed by atoms with Crippen LogP contribution in [-0.4, -0.2) is 39.0 Å². The molecule has 3 rings (SSSR count). The van der Waals surface area contributed by atoms with Crippen molar-refractivity contribution in [2.45, 2.75) is 43.0 Å². The summed E-state index contributed by atoms with van der Waals surface area (Å²) < 4.78 is 26.7. The number of carboxylic acid groups (broad SMARTS) is 1. The van der Waals surface area contributed by atoms with Crippen molar-refractivity contribution in [2.24, 2.45) is 0 Å². The van der Waals surface area contributed by atoms with Crippen molar-refractivity contribution in [1.82, 2.24) is 0 Å². The predicted octanol–water partition coefficient (Wildman–Crippen LogP) is 4.29. The van der Waals surface area contributed by atoms with E-state index in [0.29, 0.717) is 29.3 Å². The zero-order chi connectivity index (χ0) is 23.3. The van der Waals surface area contributed by atoms with Crippen LogP contribution in [-0.2, 0) is 11.1 Å². The Hall–Kier alpha value is -2.80. The zero-order valence-corrected chi connectivity index (χ0v) is 18.9. The van der Waals surface area contributed by atoms with Crippen LogP contribution in [0.15, 0.2) is 35.2 Å². The number of nitrogens with two attached hydrogens (primary N) is 1. The topological polar surface area (TPSA) is 137 Å². The molecular weight excluding hydrogens is 454 g/mol. The Morgan fingerprint density at radius 1 is 1.34 bits per heavy atom. The third-order valence-corrected chi connectivity index (χ3v) is 6.50. The van der Waals surface area contributed by atoms with Crippen LogP contribution in [0.1, 0.15) is 48.0 Å². The summed E-state index contributed by atoms with van der Waals surface area (Å²) in [5.74, 6) is -0.984. The van der Waals surface area contributed by atoms with E-state index in [1.807, 2.05) is 6.07 Å². The normalized spacial score (nSPS) is 16.9. The van der Waals surface area contributed by atoms with Gasteiger partial charge in [0.1, 0.15) is 16.7 Å². The van der Waals surface area contributed by atoms with Crippen LogP contribution < -0.4 is 15.4 Å². The van der Waals surface area contributed by atoms with Gasteiger partial charge < -0.3 is 25.0 Å². The first-order chi connectivity index (χ1) is 15.3. The standard InChI is InChI=1S/C22H24ClN3O5S/c23-17-12-19(18(25)10-15(17)13-24)26-8-2-1-4-16(26)5-3-9-31-20-7-6-14(22(27)28)11-21(20)32(29)30/h6-7,10-12,16H,1-5,8-9,25H2,(H,27,28)(H,29,30). The van der Waals surface area contributed by atoms with E-state index in [4.69, 9.17) is 32.4 Å². The maximum Gasteiger partial charge on any atom is 0.335 e. The lowest BCUT2D eigenvalue weighted by Gasteiger charge is -2.38. The van der Waals surface area contributed by atoms with E-state index in [0.717, 1.165) is 44.0 Å². The van der Waals surface area contributed by atoms with Crippen molar-refractivity contribution in [3.8, 4) is 11.8 Å². The molecule has 1 heterocycles. The number of hydrogen-bond donors (Lipinski definition) is 3. The largest absolute Gasteiger partial charge is 0.492 e. The number of nitrogen functional groups attached to an aromatic ring is 1. The third kappa shape index (κ3) is 5.51. The molecule has 32 heavy (non-hydrogen) atoms. The second-order valence-corrected chi connectivity index (χ2v) is 8.90. The van der Waals surface area contributed by atoms with E-state index in [9.17, 15) is 13.6 Å². The SMILES string of the molecule is N#Cc1cc(N)c(N2CCCCC2CCCOc2ccc(C(=O)O)cc2S(=O)O)cc1Cl. The van der Waals surface area contributed by atoms with Crippen LogP contribution in [0.3, 0.4) is 0 Å². The first kappa shape index (κ1) is 23.9. The van der Waals surface area contributed by atoms with Crippen LogP contribution in [0.25, 0.3) is 0 Å². The van der Waals surface area contributed by atoms with E-state index >= 15 is 0 Å². The summed E-state index contributed by atoms with van der Waals surface area (Å²) in [6, 6.07) is 9.50. The lowest BCUT2D eigenvalue weighted by atomic mass is 9.96. The molecule has 0 radical (unpaired) electrons. The molecule has 0 aromatic heterocycles. The van der Waals surface area contributed by atoms with Gasteiger partial charge in [-0.05, 0) is 62.4 Å². The highest BCUT2D eigenvalue weighted by molar-refractivity contribution is 7.79. The number of aromatic carboxylic acids is 1. The highest BCUT2D eigenvalue weighted by atomic mass is 35.5. The molecule has 8 nitrogen and oxygen atoms in total. The third-order valence-electron chi connectivity index (χ3n) is 5.49. The number of nitriles is 1. The van der Waals surface area contributed by atoms with Gasteiger partial charge in [0.25, 0.3) is 0 Å². The quantitative estimate of drug-likeness (QED) is 0.291. The molecule has 2 unspecified atom stereocenters. The van der Waals surface area contributed by atoms with E-state index in [1.54, 1.807) is 12.1 Å². The number of piperidine rings is 1. The number of anilines is 2. The van der Waals surface area contributed by atoms with Gasteiger partial charge in [0.2, 0.25) is 0 Å². The van der Waals surface area contributed by atoms with Gasteiger partial charge in [-0.3, -0.25) is 0 Å². The van der Waals surface area contributed by atoms with Crippen molar-refractivity contribution >= 4 is 40.0 Å². The number of hydrogen-bond acceptors (Lipinski definition) is 6. The number of halogens is 1. The van der Waals surface area contributed by atoms with Gasteiger partial charge in [-0.2, -0.15) is 5.26 Å². The summed E-state index contributed by atoms with van der Waals surface area (Å²) >= 11 is 3.87. The lowest BCUT2D eigenvalue weighted by Crippen LogP contribution is -2.40. The summed E-state index contributed by atoms with van der Waals surface area (Å²) in [5, 5.41) is 18.6. The smallest absolute Gasteiger partial charge is 0.335 e. The fourth-order valence-electron chi connectivity index (χ4n) is 3.93.